The van der Waals surface area contributed by atoms with E-state index in [1.54, 1.807) is 31.2 Å². The van der Waals surface area contributed by atoms with Crippen LogP contribution < -0.4 is 29.9 Å². The van der Waals surface area contributed by atoms with Crippen LogP contribution in [0.25, 0.3) is 0 Å². The fraction of sp³-hybridized carbons (Fsp3) is 0.267. The Morgan fingerprint density at radius 1 is 0.771 bits per heavy atom. The lowest BCUT2D eigenvalue weighted by Crippen LogP contribution is -2.28. The molecule has 0 radical (unpaired) electrons. The summed E-state index contributed by atoms with van der Waals surface area (Å²) >= 11 is 0. The van der Waals surface area contributed by atoms with Gasteiger partial charge in [0.2, 0.25) is 11.8 Å². The second-order valence-corrected chi connectivity index (χ2v) is 10.1. The highest BCUT2D eigenvalue weighted by Crippen LogP contribution is 2.38. The molecule has 2 aliphatic heterocycles. The lowest BCUT2D eigenvalue weighted by atomic mass is 9.78. The molecule has 4 aromatic rings. The molecule has 2 unspecified atom stereocenters. The SMILES string of the molecule is CCOC(=O)CC1OB(O)c2cc(Oc3cnccn3)cc(OC)c21.COc1cc(Oc2cnccn2)cc2c1C(CC(=O)O)OB2O. The van der Waals surface area contributed by atoms with E-state index < -0.39 is 38.4 Å². The van der Waals surface area contributed by atoms with E-state index in [1.165, 1.54) is 51.4 Å². The number of hydrogen-bond donors (Lipinski definition) is 3. The maximum Gasteiger partial charge on any atom is 0.492 e. The zero-order valence-corrected chi connectivity index (χ0v) is 26.0. The Morgan fingerprint density at radius 3 is 1.65 bits per heavy atom. The molecule has 48 heavy (non-hydrogen) atoms. The zero-order chi connectivity index (χ0) is 34.2. The van der Waals surface area contributed by atoms with Crippen molar-refractivity contribution in [3.8, 4) is 34.8 Å². The number of methoxy groups -OCH3 is 2. The number of ether oxygens (including phenoxy) is 5. The van der Waals surface area contributed by atoms with Crippen LogP contribution in [0.3, 0.4) is 0 Å². The fourth-order valence-electron chi connectivity index (χ4n) is 5.14. The summed E-state index contributed by atoms with van der Waals surface area (Å²) in [5.41, 5.74) is 2.01. The molecule has 0 spiro atoms. The van der Waals surface area contributed by atoms with Crippen LogP contribution >= 0.6 is 0 Å². The summed E-state index contributed by atoms with van der Waals surface area (Å²) in [7, 11) is 0.514. The number of carbonyl (C=O) groups excluding carboxylic acids is 1. The molecule has 2 aromatic carbocycles. The van der Waals surface area contributed by atoms with Crippen molar-refractivity contribution in [1.82, 2.24) is 19.9 Å². The number of rotatable bonds is 11. The first-order chi connectivity index (χ1) is 23.2. The summed E-state index contributed by atoms with van der Waals surface area (Å²) in [6.45, 7) is 2.01. The summed E-state index contributed by atoms with van der Waals surface area (Å²) < 4.78 is 37.6. The van der Waals surface area contributed by atoms with Crippen LogP contribution in [0.4, 0.5) is 0 Å². The molecule has 2 aromatic heterocycles. The van der Waals surface area contributed by atoms with Crippen LogP contribution in [-0.4, -0.2) is 82.1 Å². The third-order valence-electron chi connectivity index (χ3n) is 7.04. The predicted molar refractivity (Wildman–Crippen MR) is 167 cm³/mol. The van der Waals surface area contributed by atoms with Crippen molar-refractivity contribution in [2.75, 3.05) is 20.8 Å². The second kappa shape index (κ2) is 15.5. The van der Waals surface area contributed by atoms with E-state index >= 15 is 0 Å². The van der Waals surface area contributed by atoms with Gasteiger partial charge in [-0.25, -0.2) is 9.97 Å². The number of aliphatic carboxylic acids is 1. The van der Waals surface area contributed by atoms with E-state index in [1.807, 2.05) is 0 Å². The highest BCUT2D eigenvalue weighted by Gasteiger charge is 2.40. The van der Waals surface area contributed by atoms with Crippen molar-refractivity contribution in [1.29, 1.82) is 0 Å². The molecule has 3 N–H and O–H groups in total. The summed E-state index contributed by atoms with van der Waals surface area (Å²) in [4.78, 5) is 38.6. The third-order valence-corrected chi connectivity index (χ3v) is 7.04. The average molecular weight is 660 g/mol. The Hall–Kier alpha value is -5.29. The van der Waals surface area contributed by atoms with Crippen molar-refractivity contribution >= 4 is 37.1 Å². The Morgan fingerprint density at radius 2 is 1.25 bits per heavy atom. The molecule has 0 bridgehead atoms. The number of carboxylic acids is 1. The predicted octanol–water partition coefficient (Wildman–Crippen LogP) is 1.50. The third kappa shape index (κ3) is 7.98. The fourth-order valence-corrected chi connectivity index (χ4v) is 5.14. The van der Waals surface area contributed by atoms with Gasteiger partial charge in [-0.15, -0.1) is 0 Å². The Kier molecular flexibility index (Phi) is 11.0. The molecule has 0 aliphatic carbocycles. The van der Waals surface area contributed by atoms with Crippen LogP contribution in [0, 0.1) is 0 Å². The number of nitrogens with zero attached hydrogens (tertiary/aromatic N) is 4. The molecule has 0 saturated heterocycles. The second-order valence-electron chi connectivity index (χ2n) is 10.1. The minimum atomic E-state index is -1.24. The number of fused-ring (bicyclic) bond motifs is 2. The van der Waals surface area contributed by atoms with Gasteiger partial charge in [0.15, 0.2) is 0 Å². The minimum absolute atomic E-state index is 0.0153. The molecule has 0 fully saturated rings. The molecule has 248 valence electrons. The molecule has 0 amide bonds. The van der Waals surface area contributed by atoms with Crippen molar-refractivity contribution in [3.05, 3.63) is 72.6 Å². The first kappa shape index (κ1) is 34.1. The first-order valence-electron chi connectivity index (χ1n) is 14.6. The zero-order valence-electron chi connectivity index (χ0n) is 26.0. The van der Waals surface area contributed by atoms with E-state index in [9.17, 15) is 19.6 Å². The number of aromatic nitrogens is 4. The quantitative estimate of drug-likeness (QED) is 0.154. The summed E-state index contributed by atoms with van der Waals surface area (Å²) in [5, 5.41) is 29.2. The average Bonchev–Trinajstić information content (AvgIpc) is 3.55. The Balaban J connectivity index is 0.000000188. The summed E-state index contributed by atoms with van der Waals surface area (Å²) in [6.07, 6.45) is 7.24. The largest absolute Gasteiger partial charge is 0.496 e. The smallest absolute Gasteiger partial charge is 0.492 e. The van der Waals surface area contributed by atoms with Gasteiger partial charge in [0, 0.05) is 48.0 Å². The van der Waals surface area contributed by atoms with E-state index in [0.29, 0.717) is 50.9 Å². The standard InChI is InChI=1S/C16H17BN2O6.C14H13BN2O6/c1-3-23-15(20)8-13-16-11(17(21)25-13)6-10(7-12(16)22-2)24-14-9-18-4-5-19-14;1-21-10-5-8(22-12-7-16-2-3-17-12)4-9-14(10)11(6-13(18)19)23-15(9)20/h4-7,9,13,21H,3,8H2,1-2H3;2-5,7,11,20H,6H2,1H3,(H,18,19). The van der Waals surface area contributed by atoms with Crippen LogP contribution in [0.15, 0.2) is 61.4 Å². The number of esters is 1. The van der Waals surface area contributed by atoms with Crippen LogP contribution in [0.5, 0.6) is 34.8 Å². The van der Waals surface area contributed by atoms with Gasteiger partial charge >= 0.3 is 26.2 Å². The van der Waals surface area contributed by atoms with E-state index in [4.69, 9.17) is 38.1 Å². The number of carboxylic acid groups (broad SMARTS) is 1. The van der Waals surface area contributed by atoms with E-state index in [-0.39, 0.29) is 25.3 Å². The van der Waals surface area contributed by atoms with E-state index in [2.05, 4.69) is 19.9 Å². The number of hydrogen-bond acceptors (Lipinski definition) is 15. The minimum Gasteiger partial charge on any atom is -0.496 e. The maximum absolute atomic E-state index is 11.8. The van der Waals surface area contributed by atoms with Crippen molar-refractivity contribution in [3.63, 3.8) is 0 Å². The van der Waals surface area contributed by atoms with Crippen LogP contribution in [0.2, 0.25) is 0 Å². The summed E-state index contributed by atoms with van der Waals surface area (Å²) in [5.74, 6) is 0.763. The van der Waals surface area contributed by atoms with Crippen molar-refractivity contribution < 1.29 is 57.7 Å². The van der Waals surface area contributed by atoms with Gasteiger partial charge in [0.05, 0.1) is 58.3 Å². The monoisotopic (exact) mass is 660 g/mol. The molecular weight excluding hydrogens is 630 g/mol. The van der Waals surface area contributed by atoms with Gasteiger partial charge in [-0.2, -0.15) is 0 Å². The molecule has 6 rings (SSSR count). The maximum atomic E-state index is 11.8. The van der Waals surface area contributed by atoms with Gasteiger partial charge in [0.1, 0.15) is 23.0 Å². The van der Waals surface area contributed by atoms with Gasteiger partial charge in [-0.1, -0.05) is 0 Å². The van der Waals surface area contributed by atoms with Crippen LogP contribution in [-0.2, 0) is 23.6 Å². The molecule has 0 saturated carbocycles. The molecule has 16 nitrogen and oxygen atoms in total. The van der Waals surface area contributed by atoms with E-state index in [0.717, 1.165) is 0 Å². The highest BCUT2D eigenvalue weighted by atomic mass is 16.6. The van der Waals surface area contributed by atoms with Gasteiger partial charge in [0.25, 0.3) is 0 Å². The lowest BCUT2D eigenvalue weighted by molar-refractivity contribution is -0.145. The molecule has 18 heteroatoms. The normalized spacial score (nSPS) is 15.9. The summed E-state index contributed by atoms with van der Waals surface area (Å²) in [6, 6.07) is 6.43. The highest BCUT2D eigenvalue weighted by molar-refractivity contribution is 6.62. The van der Waals surface area contributed by atoms with Crippen molar-refractivity contribution in [2.24, 2.45) is 0 Å². The number of carbonyl (C=O) groups is 2. The molecule has 2 atom stereocenters. The lowest BCUT2D eigenvalue weighted by Gasteiger charge is -2.15. The molecule has 2 aliphatic rings. The molecular formula is C30H30B2N4O12. The van der Waals surface area contributed by atoms with Crippen LogP contribution in [0.1, 0.15) is 43.1 Å². The van der Waals surface area contributed by atoms with Gasteiger partial charge in [-0.05, 0) is 30.0 Å². The Bertz CT molecular complexity index is 1740. The molecule has 4 heterocycles. The Labute approximate surface area is 274 Å². The van der Waals surface area contributed by atoms with Crippen molar-refractivity contribution in [2.45, 2.75) is 32.0 Å². The first-order valence-corrected chi connectivity index (χ1v) is 14.6. The number of benzene rings is 2. The van der Waals surface area contributed by atoms with Gasteiger partial charge in [-0.3, -0.25) is 19.6 Å². The topological polar surface area (TPSA) is 211 Å². The van der Waals surface area contributed by atoms with Gasteiger partial charge < -0.3 is 48.1 Å².